The van der Waals surface area contributed by atoms with Crippen LogP contribution in [0.25, 0.3) is 0 Å². The number of carbonyl (C=O) groups excluding carboxylic acids is 2. The van der Waals surface area contributed by atoms with E-state index in [0.29, 0.717) is 29.9 Å². The normalized spacial score (nSPS) is 17.7. The molecule has 1 unspecified atom stereocenters. The van der Waals surface area contributed by atoms with Crippen molar-refractivity contribution in [3.05, 3.63) is 28.0 Å². The summed E-state index contributed by atoms with van der Waals surface area (Å²) in [7, 11) is 0. The molecular weight excluding hydrogens is 369 g/mol. The van der Waals surface area contributed by atoms with Gasteiger partial charge in [-0.25, -0.2) is 9.18 Å². The van der Waals surface area contributed by atoms with Gasteiger partial charge in [-0.15, -0.1) is 0 Å². The van der Waals surface area contributed by atoms with Crippen molar-refractivity contribution >= 4 is 33.6 Å². The Bertz CT molecular complexity index is 612. The first kappa shape index (κ1) is 17.5. The van der Waals surface area contributed by atoms with E-state index in [1.807, 2.05) is 4.90 Å². The molecule has 0 radical (unpaired) electrons. The predicted octanol–water partition coefficient (Wildman–Crippen LogP) is 2.40. The first-order valence-electron chi connectivity index (χ1n) is 7.39. The molecule has 1 aliphatic rings. The number of alkyl carbamates (subject to hydrolysis) is 1. The molecule has 23 heavy (non-hydrogen) atoms. The Kier molecular flexibility index (Phi) is 5.81. The van der Waals surface area contributed by atoms with Gasteiger partial charge in [0, 0.05) is 23.6 Å². The molecule has 1 heterocycles. The van der Waals surface area contributed by atoms with Crippen LogP contribution < -0.4 is 16.0 Å². The number of hydrogen-bond donors (Lipinski definition) is 2. The van der Waals surface area contributed by atoms with Crippen molar-refractivity contribution in [3.63, 3.8) is 0 Å². The Morgan fingerprint density at radius 2 is 2.26 bits per heavy atom. The van der Waals surface area contributed by atoms with Crippen molar-refractivity contribution in [2.75, 3.05) is 24.6 Å². The van der Waals surface area contributed by atoms with Crippen LogP contribution in [-0.2, 0) is 4.74 Å². The zero-order valence-electron chi connectivity index (χ0n) is 12.8. The van der Waals surface area contributed by atoms with Crippen LogP contribution in [-0.4, -0.2) is 37.7 Å². The van der Waals surface area contributed by atoms with Crippen molar-refractivity contribution in [2.24, 2.45) is 5.73 Å². The summed E-state index contributed by atoms with van der Waals surface area (Å²) in [4.78, 5) is 25.0. The predicted molar refractivity (Wildman–Crippen MR) is 88.0 cm³/mol. The molecule has 1 aromatic carbocycles. The number of anilines is 1. The Balaban J connectivity index is 2.21. The number of nitrogens with two attached hydrogens (primary N) is 1. The van der Waals surface area contributed by atoms with Gasteiger partial charge >= 0.3 is 6.09 Å². The molecule has 2 amide bonds. The summed E-state index contributed by atoms with van der Waals surface area (Å²) in [6.07, 6.45) is 1.11. The minimum Gasteiger partial charge on any atom is -0.450 e. The minimum absolute atomic E-state index is 0.134. The molecule has 0 aromatic heterocycles. The highest BCUT2D eigenvalue weighted by atomic mass is 79.9. The van der Waals surface area contributed by atoms with E-state index in [4.69, 9.17) is 10.5 Å². The number of rotatable bonds is 4. The topological polar surface area (TPSA) is 84.7 Å². The average molecular weight is 388 g/mol. The maximum atomic E-state index is 14.1. The molecule has 126 valence electrons. The summed E-state index contributed by atoms with van der Waals surface area (Å²) in [5.74, 6) is -1.48. The maximum absolute atomic E-state index is 14.1. The molecule has 0 aliphatic carbocycles. The molecule has 1 aromatic rings. The summed E-state index contributed by atoms with van der Waals surface area (Å²) >= 11 is 3.23. The summed E-state index contributed by atoms with van der Waals surface area (Å²) < 4.78 is 19.5. The molecule has 2 rings (SSSR count). The first-order valence-corrected chi connectivity index (χ1v) is 8.18. The van der Waals surface area contributed by atoms with Crippen LogP contribution in [0.2, 0.25) is 0 Å². The smallest absolute Gasteiger partial charge is 0.407 e. The van der Waals surface area contributed by atoms with Crippen LogP contribution in [0.5, 0.6) is 0 Å². The van der Waals surface area contributed by atoms with Crippen LogP contribution in [0.3, 0.4) is 0 Å². The van der Waals surface area contributed by atoms with Gasteiger partial charge in [-0.1, -0.05) is 15.9 Å². The molecule has 8 heteroatoms. The van der Waals surface area contributed by atoms with Crippen LogP contribution in [0, 0.1) is 5.82 Å². The quantitative estimate of drug-likeness (QED) is 0.830. The highest BCUT2D eigenvalue weighted by molar-refractivity contribution is 9.10. The fourth-order valence-corrected chi connectivity index (χ4v) is 3.12. The summed E-state index contributed by atoms with van der Waals surface area (Å²) in [5.41, 5.74) is 5.61. The zero-order valence-corrected chi connectivity index (χ0v) is 14.4. The third-order valence-corrected chi connectivity index (χ3v) is 4.10. The number of nitrogens with zero attached hydrogens (tertiary/aromatic N) is 1. The SMILES string of the molecule is CCOC(=O)NC1CCCN(c2cc(Br)cc(F)c2C(N)=O)C1. The zero-order chi connectivity index (χ0) is 17.0. The van der Waals surface area contributed by atoms with Gasteiger partial charge in [0.1, 0.15) is 5.82 Å². The maximum Gasteiger partial charge on any atom is 0.407 e. The number of carbonyl (C=O) groups is 2. The third kappa shape index (κ3) is 4.34. The second-order valence-corrected chi connectivity index (χ2v) is 6.21. The Morgan fingerprint density at radius 1 is 1.52 bits per heavy atom. The molecule has 1 atom stereocenters. The van der Waals surface area contributed by atoms with E-state index >= 15 is 0 Å². The molecule has 0 bridgehead atoms. The van der Waals surface area contributed by atoms with E-state index < -0.39 is 17.8 Å². The molecule has 1 aliphatic heterocycles. The average Bonchev–Trinajstić information content (AvgIpc) is 2.46. The van der Waals surface area contributed by atoms with Crippen molar-refractivity contribution in [1.29, 1.82) is 0 Å². The van der Waals surface area contributed by atoms with E-state index in [-0.39, 0.29) is 11.6 Å². The second kappa shape index (κ2) is 7.63. The van der Waals surface area contributed by atoms with Crippen LogP contribution in [0.15, 0.2) is 16.6 Å². The van der Waals surface area contributed by atoms with Gasteiger partial charge in [0.15, 0.2) is 0 Å². The van der Waals surface area contributed by atoms with Crippen molar-refractivity contribution < 1.29 is 18.7 Å². The number of nitrogens with one attached hydrogen (secondary N) is 1. The number of amides is 2. The van der Waals surface area contributed by atoms with E-state index in [1.54, 1.807) is 13.0 Å². The first-order chi connectivity index (χ1) is 10.9. The van der Waals surface area contributed by atoms with Gasteiger partial charge < -0.3 is 20.7 Å². The van der Waals surface area contributed by atoms with Crippen LogP contribution >= 0.6 is 15.9 Å². The minimum atomic E-state index is -0.814. The van der Waals surface area contributed by atoms with Crippen LogP contribution in [0.4, 0.5) is 14.9 Å². The number of primary amides is 1. The highest BCUT2D eigenvalue weighted by Gasteiger charge is 2.26. The third-order valence-electron chi connectivity index (χ3n) is 3.64. The largest absolute Gasteiger partial charge is 0.450 e. The van der Waals surface area contributed by atoms with E-state index in [0.717, 1.165) is 12.8 Å². The van der Waals surface area contributed by atoms with Crippen molar-refractivity contribution in [1.82, 2.24) is 5.32 Å². The molecule has 1 fully saturated rings. The summed E-state index contributed by atoms with van der Waals surface area (Å²) in [5, 5.41) is 2.77. The van der Waals surface area contributed by atoms with E-state index in [1.165, 1.54) is 6.07 Å². The van der Waals surface area contributed by atoms with Gasteiger partial charge in [-0.05, 0) is 31.9 Å². The van der Waals surface area contributed by atoms with Crippen molar-refractivity contribution in [3.8, 4) is 0 Å². The summed E-state index contributed by atoms with van der Waals surface area (Å²) in [6.45, 7) is 3.13. The Morgan fingerprint density at radius 3 is 2.91 bits per heavy atom. The standard InChI is InChI=1S/C15H19BrFN3O3/c1-2-23-15(22)19-10-4-3-5-20(8-10)12-7-9(16)6-11(17)13(12)14(18)21/h6-7,10H,2-5,8H2,1H3,(H2,18,21)(H,19,22). The van der Waals surface area contributed by atoms with Crippen LogP contribution in [0.1, 0.15) is 30.1 Å². The van der Waals surface area contributed by atoms with Gasteiger partial charge in [0.2, 0.25) is 0 Å². The lowest BCUT2D eigenvalue weighted by atomic mass is 10.0. The van der Waals surface area contributed by atoms with Gasteiger partial charge in [0.05, 0.1) is 17.9 Å². The monoisotopic (exact) mass is 387 g/mol. The molecular formula is C15H19BrFN3O3. The fourth-order valence-electron chi connectivity index (χ4n) is 2.71. The highest BCUT2D eigenvalue weighted by Crippen LogP contribution is 2.30. The molecule has 1 saturated heterocycles. The van der Waals surface area contributed by atoms with E-state index in [9.17, 15) is 14.0 Å². The second-order valence-electron chi connectivity index (χ2n) is 5.30. The lowest BCUT2D eigenvalue weighted by molar-refractivity contribution is 0.0996. The summed E-state index contributed by atoms with van der Waals surface area (Å²) in [6, 6.07) is 2.74. The number of halogens is 2. The van der Waals surface area contributed by atoms with E-state index in [2.05, 4.69) is 21.2 Å². The molecule has 0 spiro atoms. The number of ether oxygens (including phenoxy) is 1. The number of piperidine rings is 1. The van der Waals surface area contributed by atoms with Crippen molar-refractivity contribution in [2.45, 2.75) is 25.8 Å². The number of benzene rings is 1. The molecule has 3 N–H and O–H groups in total. The lowest BCUT2D eigenvalue weighted by Crippen LogP contribution is -2.48. The molecule has 0 saturated carbocycles. The molecule has 6 nitrogen and oxygen atoms in total. The van der Waals surface area contributed by atoms with Gasteiger partial charge in [0.25, 0.3) is 5.91 Å². The lowest BCUT2D eigenvalue weighted by Gasteiger charge is -2.35. The Hall–Kier alpha value is -1.83. The Labute approximate surface area is 142 Å². The fraction of sp³-hybridized carbons (Fsp3) is 0.467. The number of hydrogen-bond acceptors (Lipinski definition) is 4. The van der Waals surface area contributed by atoms with Gasteiger partial charge in [-0.3, -0.25) is 4.79 Å². The van der Waals surface area contributed by atoms with Gasteiger partial charge in [-0.2, -0.15) is 0 Å².